The van der Waals surface area contributed by atoms with Crippen LogP contribution in [0.25, 0.3) is 122 Å². The van der Waals surface area contributed by atoms with Gasteiger partial charge in [0.15, 0.2) is 0 Å². The third kappa shape index (κ3) is 24.5. The Morgan fingerprint density at radius 2 is 0.542 bits per heavy atom. The molecule has 0 saturated heterocycles. The van der Waals surface area contributed by atoms with Gasteiger partial charge in [0.1, 0.15) is 10.0 Å². The smallest absolute Gasteiger partial charge is 0.134 e. The van der Waals surface area contributed by atoms with E-state index in [0.717, 1.165) is 60.3 Å². The second-order valence-corrected chi connectivity index (χ2v) is 62.7. The fourth-order valence-electron chi connectivity index (χ4n) is 17.0. The number of fused-ring (bicyclic) bond motifs is 4. The van der Waals surface area contributed by atoms with E-state index < -0.39 is 18.4 Å². The zero-order chi connectivity index (χ0) is 81.6. The molecule has 14 aromatic rings. The van der Waals surface area contributed by atoms with Crippen molar-refractivity contribution < 1.29 is 0 Å². The Kier molecular flexibility index (Phi) is 37.3. The number of thiophene rings is 8. The van der Waals surface area contributed by atoms with Crippen LogP contribution in [-0.4, -0.2) is 38.3 Å². The van der Waals surface area contributed by atoms with E-state index >= 15 is 0 Å². The molecule has 2 aromatic carbocycles. The summed E-state index contributed by atoms with van der Waals surface area (Å²) in [7, 11) is 0. The maximum Gasteiger partial charge on any atom is 0.134 e. The second kappa shape index (κ2) is 47.1. The van der Waals surface area contributed by atoms with E-state index in [0.29, 0.717) is 0 Å². The summed E-state index contributed by atoms with van der Waals surface area (Å²) in [5.41, 5.74) is 9.74. The number of nitrogens with zero attached hydrogens (tertiary/aromatic N) is 4. The van der Waals surface area contributed by atoms with Crippen molar-refractivity contribution >= 4 is 198 Å². The SMILES string of the molecule is C.CCCCCCC(CCCC)Cc1ccc(-c2nc3c(-c4cc[c]([Sn]([CH3])([CH3])[CH3])s4)c4sc(-c5ccc(CC(CCCC)CCCCCC)s5)nc4c(-c4ccc(C)s4)c3s2)s1.CCCCCCC(CCCC)Cc1ccc(-c2nc3c(-c4cccs4)c4sc(-c5ccc(CC(CCCC)CCCCCC)s5)nc4c(-c4cccs4)c3s2)s1. The molecule has 0 N–H and O–H groups in total. The van der Waals surface area contributed by atoms with Gasteiger partial charge in [0, 0.05) is 30.6 Å². The molecule has 0 bridgehead atoms. The van der Waals surface area contributed by atoms with Gasteiger partial charge in [-0.25, -0.2) is 9.97 Å². The molecule has 0 aliphatic heterocycles. The first-order valence-corrected chi connectivity index (χ1v) is 65.3. The van der Waals surface area contributed by atoms with Crippen LogP contribution in [0.3, 0.4) is 0 Å². The molecular formula is C101H134N4S12Sn. The Morgan fingerprint density at radius 3 is 0.797 bits per heavy atom. The maximum atomic E-state index is 5.70. The number of aromatic nitrogens is 4. The van der Waals surface area contributed by atoms with Crippen molar-refractivity contribution in [2.24, 2.45) is 23.7 Å². The van der Waals surface area contributed by atoms with E-state index in [-0.39, 0.29) is 7.43 Å². The van der Waals surface area contributed by atoms with E-state index in [2.05, 4.69) is 185 Å². The number of unbranched alkanes of at least 4 members (excludes halogenated alkanes) is 16. The van der Waals surface area contributed by atoms with Crippen LogP contribution in [0.4, 0.5) is 0 Å². The van der Waals surface area contributed by atoms with E-state index in [1.54, 1.807) is 2.89 Å². The number of hydrogen-bond acceptors (Lipinski definition) is 16. The number of aryl methyl sites for hydroxylation is 1. The van der Waals surface area contributed by atoms with Gasteiger partial charge < -0.3 is 0 Å². The summed E-state index contributed by atoms with van der Waals surface area (Å²) in [5.74, 6) is 3.14. The minimum Gasteiger partial charge on any atom is -0.234 e. The van der Waals surface area contributed by atoms with Crippen LogP contribution in [0.2, 0.25) is 14.8 Å². The first-order valence-electron chi connectivity index (χ1n) is 45.3. The predicted octanol–water partition coefficient (Wildman–Crippen LogP) is 38.4. The van der Waals surface area contributed by atoms with Crippen LogP contribution in [0.1, 0.15) is 293 Å². The van der Waals surface area contributed by atoms with Crippen LogP contribution in [0.5, 0.6) is 0 Å². The monoisotopic (exact) mass is 1910 g/mol. The Hall–Kier alpha value is -3.60. The average Bonchev–Trinajstić information content (AvgIpc) is 1.56. The molecule has 17 heteroatoms. The molecule has 0 amide bonds. The van der Waals surface area contributed by atoms with Crippen LogP contribution in [0, 0.1) is 30.6 Å². The summed E-state index contributed by atoms with van der Waals surface area (Å²) >= 11 is 20.8. The van der Waals surface area contributed by atoms with Gasteiger partial charge >= 0.3 is 270 Å². The molecule has 12 aromatic heterocycles. The quantitative estimate of drug-likeness (QED) is 0.0282. The number of hydrogen-bond donors (Lipinski definition) is 0. The summed E-state index contributed by atoms with van der Waals surface area (Å²) in [6, 6.07) is 37.5. The molecular weight excluding hydrogens is 1770 g/mol. The second-order valence-electron chi connectivity index (χ2n) is 34.4. The number of thiazole rings is 4. The van der Waals surface area contributed by atoms with Crippen LogP contribution < -0.4 is 2.89 Å². The fourth-order valence-corrected chi connectivity index (χ4v) is 35.4. The van der Waals surface area contributed by atoms with E-state index in [1.807, 2.05) is 136 Å². The van der Waals surface area contributed by atoms with Gasteiger partial charge in [-0.05, 0) is 71.8 Å². The molecule has 634 valence electrons. The normalized spacial score (nSPS) is 13.1. The van der Waals surface area contributed by atoms with Crippen molar-refractivity contribution in [3.63, 3.8) is 0 Å². The first-order chi connectivity index (χ1) is 57.2. The molecule has 4 atom stereocenters. The van der Waals surface area contributed by atoms with Crippen LogP contribution in [-0.2, 0) is 25.7 Å². The van der Waals surface area contributed by atoms with E-state index in [4.69, 9.17) is 19.9 Å². The molecule has 0 fully saturated rings. The Balaban J connectivity index is 0.000000216. The molecule has 118 heavy (non-hydrogen) atoms. The first kappa shape index (κ1) is 93.6. The van der Waals surface area contributed by atoms with Crippen molar-refractivity contribution in [3.8, 4) is 81.3 Å². The largest absolute Gasteiger partial charge is 0.234 e. The van der Waals surface area contributed by atoms with Gasteiger partial charge in [0.2, 0.25) is 0 Å². The van der Waals surface area contributed by atoms with Gasteiger partial charge in [-0.2, -0.15) is 0 Å². The van der Waals surface area contributed by atoms with Crippen LogP contribution in [0.15, 0.2) is 108 Å². The molecule has 12 heterocycles. The minimum absolute atomic E-state index is 0. The number of rotatable bonds is 49. The topological polar surface area (TPSA) is 51.6 Å². The summed E-state index contributed by atoms with van der Waals surface area (Å²) < 4.78 is 6.77. The molecule has 0 radical (unpaired) electrons. The zero-order valence-electron chi connectivity index (χ0n) is 72.3. The average molecular weight is 1910 g/mol. The molecule has 14 rings (SSSR count). The zero-order valence-corrected chi connectivity index (χ0v) is 85.0. The standard InChI is InChI=1S/C49H61N2S6.C48H60N2S6.CH4.3CH3.Sn/c1-6-10-14-16-21-34(19-12-8-3)31-36-25-28-40(54-36)48-50-44-42(38-23-18-30-52-38)46-45(43(47(44)57-48)39-27-24-33(5)53-39)51-49(56-46)41-29-26-37(55-41)32-35(20-13-9-4)22-17-15-11-7-2;1-5-9-13-15-21-33(19-11-7-3)31-35-25-27-39(53-35)47-49-43-41(37-23-17-29-51-37)46-44(42(45(43)55-47)38-24-18-30-52-38)50-48(56-46)40-28-26-36(54-40)32-34(20-12-8-4)22-16-14-10-6-2;;;;;/h18,23-29,34-35H,6-17,19-22,31-32H2,1-5H3;17-18,23-30,33-34H,5-16,19-22,31-32H2,1-4H3;1H4;3*1H3;. The molecule has 4 nitrogen and oxygen atoms in total. The van der Waals surface area contributed by atoms with Crippen molar-refractivity contribution in [3.05, 3.63) is 132 Å². The molecule has 4 unspecified atom stereocenters. The Labute approximate surface area is 762 Å². The molecule has 0 saturated carbocycles. The van der Waals surface area contributed by atoms with Gasteiger partial charge in [0.25, 0.3) is 0 Å². The van der Waals surface area contributed by atoms with E-state index in [1.165, 1.54) is 341 Å². The summed E-state index contributed by atoms with van der Waals surface area (Å²) in [6.07, 6.45) is 47.8. The van der Waals surface area contributed by atoms with Crippen molar-refractivity contribution in [2.75, 3.05) is 0 Å². The minimum atomic E-state index is -2.32. The number of benzene rings is 2. The summed E-state index contributed by atoms with van der Waals surface area (Å²) in [6.45, 7) is 20.9. The summed E-state index contributed by atoms with van der Waals surface area (Å²) in [4.78, 5) is 48.1. The van der Waals surface area contributed by atoms with Crippen molar-refractivity contribution in [1.82, 2.24) is 19.9 Å². The van der Waals surface area contributed by atoms with Crippen LogP contribution >= 0.6 is 136 Å². The van der Waals surface area contributed by atoms with Gasteiger partial charge in [0.05, 0.1) is 30.2 Å². The predicted molar refractivity (Wildman–Crippen MR) is 548 cm³/mol. The van der Waals surface area contributed by atoms with Gasteiger partial charge in [-0.15, -0.1) is 68.0 Å². The third-order valence-corrected chi connectivity index (χ3v) is 46.4. The molecule has 0 spiro atoms. The Morgan fingerprint density at radius 1 is 0.271 bits per heavy atom. The summed E-state index contributed by atoms with van der Waals surface area (Å²) in [5, 5.41) is 9.04. The van der Waals surface area contributed by atoms with Crippen molar-refractivity contribution in [2.45, 2.75) is 316 Å². The fraction of sp³-hybridized carbons (Fsp3) is 0.525. The van der Waals surface area contributed by atoms with Gasteiger partial charge in [-0.1, -0.05) is 280 Å². The van der Waals surface area contributed by atoms with E-state index in [9.17, 15) is 0 Å². The molecule has 0 aliphatic rings. The molecule has 0 aliphatic carbocycles. The van der Waals surface area contributed by atoms with Crippen molar-refractivity contribution in [1.29, 1.82) is 0 Å². The van der Waals surface area contributed by atoms with Gasteiger partial charge in [-0.3, -0.25) is 0 Å². The maximum absolute atomic E-state index is 5.70. The third-order valence-electron chi connectivity index (χ3n) is 23.7. The Bertz CT molecular complexity index is 4940.